The van der Waals surface area contributed by atoms with Crippen molar-refractivity contribution in [3.05, 3.63) is 23.8 Å². The number of carbonyl (C=O) groups is 1. The van der Waals surface area contributed by atoms with Gasteiger partial charge >= 0.3 is 6.18 Å². The Morgan fingerprint density at radius 1 is 1.56 bits per heavy atom. The van der Waals surface area contributed by atoms with E-state index in [1.54, 1.807) is 0 Å². The van der Waals surface area contributed by atoms with Crippen molar-refractivity contribution in [1.82, 2.24) is 5.32 Å². The summed E-state index contributed by atoms with van der Waals surface area (Å²) in [5, 5.41) is 2.52. The lowest BCUT2D eigenvalue weighted by Crippen LogP contribution is -2.38. The van der Waals surface area contributed by atoms with Crippen LogP contribution in [0.3, 0.4) is 0 Å². The highest BCUT2D eigenvalue weighted by atomic mass is 19.4. The van der Waals surface area contributed by atoms with Crippen molar-refractivity contribution in [2.75, 3.05) is 6.54 Å². The molecule has 16 heavy (non-hydrogen) atoms. The third-order valence-corrected chi connectivity index (χ3v) is 2.30. The lowest BCUT2D eigenvalue weighted by Gasteiger charge is -2.23. The maximum atomic E-state index is 12.3. The van der Waals surface area contributed by atoms with Crippen molar-refractivity contribution in [2.24, 2.45) is 11.7 Å². The second kappa shape index (κ2) is 4.69. The molecule has 2 unspecified atom stereocenters. The molecule has 0 heterocycles. The molecule has 0 radical (unpaired) electrons. The van der Waals surface area contributed by atoms with Crippen LogP contribution in [0.1, 0.15) is 6.92 Å². The van der Waals surface area contributed by atoms with Crippen molar-refractivity contribution in [3.8, 4) is 0 Å². The largest absolute Gasteiger partial charge is 0.416 e. The van der Waals surface area contributed by atoms with Gasteiger partial charge in [0.1, 0.15) is 0 Å². The summed E-state index contributed by atoms with van der Waals surface area (Å²) >= 11 is 0. The zero-order chi connectivity index (χ0) is 12.3. The Morgan fingerprint density at radius 3 is 2.62 bits per heavy atom. The first-order valence-electron chi connectivity index (χ1n) is 4.78. The number of halogens is 3. The fourth-order valence-corrected chi connectivity index (χ4v) is 1.40. The highest BCUT2D eigenvalue weighted by Gasteiger charge is 2.34. The number of alkyl halides is 3. The van der Waals surface area contributed by atoms with E-state index in [2.05, 4.69) is 5.32 Å². The van der Waals surface area contributed by atoms with Gasteiger partial charge in [-0.2, -0.15) is 13.2 Å². The van der Waals surface area contributed by atoms with Crippen LogP contribution in [-0.4, -0.2) is 24.7 Å². The van der Waals surface area contributed by atoms with Crippen LogP contribution < -0.4 is 11.1 Å². The standard InChI is InChI=1S/C10H13F3N2O/c1-6(16)15-5-7-2-3-8(4-9(7)14)10(11,12)13/h2-4,7,9H,5,14H2,1H3,(H,15,16). The lowest BCUT2D eigenvalue weighted by molar-refractivity contribution is -0.119. The van der Waals surface area contributed by atoms with Crippen LogP contribution in [0.4, 0.5) is 13.2 Å². The van der Waals surface area contributed by atoms with Gasteiger partial charge in [0, 0.05) is 25.4 Å². The molecule has 1 aliphatic rings. The summed E-state index contributed by atoms with van der Waals surface area (Å²) in [5.41, 5.74) is 4.84. The lowest BCUT2D eigenvalue weighted by atomic mass is 9.92. The van der Waals surface area contributed by atoms with Gasteiger partial charge in [0.2, 0.25) is 5.91 Å². The van der Waals surface area contributed by atoms with Gasteiger partial charge in [0.05, 0.1) is 5.57 Å². The van der Waals surface area contributed by atoms with E-state index in [-0.39, 0.29) is 18.4 Å². The van der Waals surface area contributed by atoms with Crippen LogP contribution in [0.15, 0.2) is 23.8 Å². The van der Waals surface area contributed by atoms with E-state index < -0.39 is 17.8 Å². The van der Waals surface area contributed by atoms with Crippen LogP contribution in [0.2, 0.25) is 0 Å². The average molecular weight is 234 g/mol. The molecule has 0 aliphatic heterocycles. The molecule has 0 saturated carbocycles. The van der Waals surface area contributed by atoms with Crippen LogP contribution in [0, 0.1) is 5.92 Å². The third-order valence-electron chi connectivity index (χ3n) is 2.30. The molecule has 3 N–H and O–H groups in total. The Hall–Kier alpha value is -1.30. The van der Waals surface area contributed by atoms with E-state index in [0.717, 1.165) is 12.2 Å². The molecule has 0 aromatic carbocycles. The van der Waals surface area contributed by atoms with Crippen LogP contribution in [-0.2, 0) is 4.79 Å². The summed E-state index contributed by atoms with van der Waals surface area (Å²) in [6.45, 7) is 1.59. The molecule has 6 heteroatoms. The Bertz CT molecular complexity index is 333. The van der Waals surface area contributed by atoms with Crippen molar-refractivity contribution in [1.29, 1.82) is 0 Å². The number of rotatable bonds is 2. The summed E-state index contributed by atoms with van der Waals surface area (Å²) in [7, 11) is 0. The quantitative estimate of drug-likeness (QED) is 0.752. The Balaban J connectivity index is 2.63. The molecule has 0 aromatic heterocycles. The van der Waals surface area contributed by atoms with E-state index in [0.29, 0.717) is 0 Å². The first-order valence-corrected chi connectivity index (χ1v) is 4.78. The predicted octanol–water partition coefficient (Wildman–Crippen LogP) is 1.12. The molecule has 0 bridgehead atoms. The maximum absolute atomic E-state index is 12.3. The zero-order valence-electron chi connectivity index (χ0n) is 8.71. The molecule has 1 amide bonds. The fourth-order valence-electron chi connectivity index (χ4n) is 1.40. The summed E-state index contributed by atoms with van der Waals surface area (Å²) < 4.78 is 36.9. The highest BCUT2D eigenvalue weighted by Crippen LogP contribution is 2.30. The molecule has 3 nitrogen and oxygen atoms in total. The van der Waals surface area contributed by atoms with Crippen molar-refractivity contribution >= 4 is 5.91 Å². The number of allylic oxidation sites excluding steroid dienone is 2. The van der Waals surface area contributed by atoms with E-state index in [9.17, 15) is 18.0 Å². The van der Waals surface area contributed by atoms with E-state index >= 15 is 0 Å². The van der Waals surface area contributed by atoms with Gasteiger partial charge in [-0.1, -0.05) is 18.2 Å². The number of hydrogen-bond donors (Lipinski definition) is 2. The van der Waals surface area contributed by atoms with Gasteiger partial charge in [0.25, 0.3) is 0 Å². The van der Waals surface area contributed by atoms with E-state index in [1.807, 2.05) is 0 Å². The van der Waals surface area contributed by atoms with Gasteiger partial charge < -0.3 is 11.1 Å². The molecule has 2 atom stereocenters. The van der Waals surface area contributed by atoms with Gasteiger partial charge in [-0.3, -0.25) is 4.79 Å². The Kier molecular flexibility index (Phi) is 3.74. The first-order chi connectivity index (χ1) is 7.30. The van der Waals surface area contributed by atoms with E-state index in [4.69, 9.17) is 5.73 Å². The molecule has 0 aromatic rings. The fraction of sp³-hybridized carbons (Fsp3) is 0.500. The van der Waals surface area contributed by atoms with Crippen molar-refractivity contribution in [2.45, 2.75) is 19.1 Å². The molecule has 1 rings (SSSR count). The van der Waals surface area contributed by atoms with Crippen molar-refractivity contribution < 1.29 is 18.0 Å². The van der Waals surface area contributed by atoms with Gasteiger partial charge in [-0.25, -0.2) is 0 Å². The molecule has 0 saturated heterocycles. The van der Waals surface area contributed by atoms with Gasteiger partial charge in [-0.15, -0.1) is 0 Å². The highest BCUT2D eigenvalue weighted by molar-refractivity contribution is 5.72. The first kappa shape index (κ1) is 12.8. The van der Waals surface area contributed by atoms with Crippen LogP contribution in [0.25, 0.3) is 0 Å². The number of nitrogens with one attached hydrogen (secondary N) is 1. The summed E-state index contributed by atoms with van der Waals surface area (Å²) in [6, 6.07) is -0.728. The summed E-state index contributed by atoms with van der Waals surface area (Å²) in [5.74, 6) is -0.527. The number of carbonyl (C=O) groups excluding carboxylic acids is 1. The molecule has 0 spiro atoms. The topological polar surface area (TPSA) is 55.1 Å². The minimum atomic E-state index is -4.37. The number of nitrogens with two attached hydrogens (primary N) is 1. The molecule has 0 fully saturated rings. The normalized spacial score (nSPS) is 25.2. The smallest absolute Gasteiger partial charge is 0.356 e. The second-order valence-electron chi connectivity index (χ2n) is 3.66. The SMILES string of the molecule is CC(=O)NCC1C=CC(C(F)(F)F)=CC1N. The van der Waals surface area contributed by atoms with E-state index in [1.165, 1.54) is 13.0 Å². The average Bonchev–Trinajstić information content (AvgIpc) is 2.14. The van der Waals surface area contributed by atoms with Crippen LogP contribution in [0.5, 0.6) is 0 Å². The summed E-state index contributed by atoms with van der Waals surface area (Å²) in [4.78, 5) is 10.6. The number of amides is 1. The van der Waals surface area contributed by atoms with Crippen LogP contribution >= 0.6 is 0 Å². The maximum Gasteiger partial charge on any atom is 0.416 e. The summed E-state index contributed by atoms with van der Waals surface area (Å²) in [6.07, 6.45) is -1.02. The minimum Gasteiger partial charge on any atom is -0.356 e. The van der Waals surface area contributed by atoms with Gasteiger partial charge in [0.15, 0.2) is 0 Å². The molecule has 90 valence electrons. The molecular weight excluding hydrogens is 221 g/mol. The predicted molar refractivity (Wildman–Crippen MR) is 53.4 cm³/mol. The number of hydrogen-bond acceptors (Lipinski definition) is 2. The third kappa shape index (κ3) is 3.37. The molecule has 1 aliphatic carbocycles. The van der Waals surface area contributed by atoms with Crippen molar-refractivity contribution in [3.63, 3.8) is 0 Å². The molecular formula is C10H13F3N2O. The second-order valence-corrected chi connectivity index (χ2v) is 3.66. The Morgan fingerprint density at radius 2 is 2.19 bits per heavy atom. The van der Waals surface area contributed by atoms with Gasteiger partial charge in [-0.05, 0) is 0 Å². The Labute approximate surface area is 91.2 Å². The monoisotopic (exact) mass is 234 g/mol. The minimum absolute atomic E-state index is 0.230. The zero-order valence-corrected chi connectivity index (χ0v) is 8.71.